The normalized spacial score (nSPS) is 12.8. The molecule has 0 heterocycles. The molecule has 0 aromatic heterocycles. The van der Waals surface area contributed by atoms with Gasteiger partial charge < -0.3 is 20.3 Å². The van der Waals surface area contributed by atoms with Gasteiger partial charge in [0.15, 0.2) is 6.10 Å². The second-order valence-corrected chi connectivity index (χ2v) is 9.20. The van der Waals surface area contributed by atoms with Crippen molar-refractivity contribution in [2.45, 2.75) is 18.6 Å². The van der Waals surface area contributed by atoms with Crippen molar-refractivity contribution in [3.05, 3.63) is 150 Å². The van der Waals surface area contributed by atoms with E-state index >= 15 is 0 Å². The van der Waals surface area contributed by atoms with Crippen molar-refractivity contribution < 1.29 is 19.7 Å². The zero-order chi connectivity index (χ0) is 27.9. The molecule has 3 N–H and O–H groups in total. The number of hydrogen-bond acceptors (Lipinski definition) is 4. The molecule has 39 heavy (non-hydrogen) atoms. The van der Waals surface area contributed by atoms with Crippen LogP contribution in [-0.2, 0) is 15.1 Å². The van der Waals surface area contributed by atoms with E-state index in [0.717, 1.165) is 13.1 Å². The van der Waals surface area contributed by atoms with Gasteiger partial charge in [0.2, 0.25) is 0 Å². The SMILES string of the molecule is COC(c1ccccc1)(c1ccccc1)C(C)CNC/C=C/c1ccccc1.O=C(O)C(O)c1ccccc1. The highest BCUT2D eigenvalue weighted by Crippen LogP contribution is 2.39. The zero-order valence-electron chi connectivity index (χ0n) is 22.5. The molecule has 0 saturated heterocycles. The van der Waals surface area contributed by atoms with Crippen LogP contribution < -0.4 is 5.32 Å². The third-order valence-corrected chi connectivity index (χ3v) is 6.59. The average molecular weight is 524 g/mol. The number of aliphatic hydroxyl groups is 1. The van der Waals surface area contributed by atoms with Crippen LogP contribution in [0.25, 0.3) is 6.08 Å². The number of benzene rings is 4. The highest BCUT2D eigenvalue weighted by Gasteiger charge is 2.39. The predicted octanol–water partition coefficient (Wildman–Crippen LogP) is 6.32. The first-order valence-corrected chi connectivity index (χ1v) is 13.0. The topological polar surface area (TPSA) is 78.8 Å². The van der Waals surface area contributed by atoms with Crippen molar-refractivity contribution in [1.82, 2.24) is 5.32 Å². The van der Waals surface area contributed by atoms with Crippen molar-refractivity contribution >= 4 is 12.0 Å². The van der Waals surface area contributed by atoms with E-state index in [1.54, 1.807) is 30.3 Å². The monoisotopic (exact) mass is 523 g/mol. The van der Waals surface area contributed by atoms with E-state index in [0.29, 0.717) is 5.56 Å². The molecule has 0 bridgehead atoms. The summed E-state index contributed by atoms with van der Waals surface area (Å²) in [5.41, 5.74) is 3.49. The van der Waals surface area contributed by atoms with Gasteiger partial charge in [0.1, 0.15) is 5.60 Å². The molecule has 5 heteroatoms. The van der Waals surface area contributed by atoms with Crippen molar-refractivity contribution in [3.63, 3.8) is 0 Å². The van der Waals surface area contributed by atoms with E-state index in [-0.39, 0.29) is 5.92 Å². The molecule has 5 nitrogen and oxygen atoms in total. The zero-order valence-corrected chi connectivity index (χ0v) is 22.5. The number of aliphatic carboxylic acids is 1. The molecular weight excluding hydrogens is 486 g/mol. The van der Waals surface area contributed by atoms with E-state index in [1.807, 2.05) is 25.3 Å². The molecule has 0 radical (unpaired) electrons. The maximum atomic E-state index is 10.2. The molecule has 0 amide bonds. The molecule has 4 aromatic carbocycles. The van der Waals surface area contributed by atoms with Gasteiger partial charge in [-0.25, -0.2) is 4.79 Å². The first-order chi connectivity index (χ1) is 19.0. The number of aliphatic hydroxyl groups excluding tert-OH is 1. The van der Waals surface area contributed by atoms with Crippen LogP contribution in [0.1, 0.15) is 35.3 Å². The molecule has 0 saturated carbocycles. The quantitative estimate of drug-likeness (QED) is 0.201. The summed E-state index contributed by atoms with van der Waals surface area (Å²) >= 11 is 0. The van der Waals surface area contributed by atoms with Gasteiger partial charge in [0.25, 0.3) is 0 Å². The summed E-state index contributed by atoms with van der Waals surface area (Å²) < 4.78 is 6.24. The minimum Gasteiger partial charge on any atom is -0.479 e. The predicted molar refractivity (Wildman–Crippen MR) is 157 cm³/mol. The number of carboxylic acid groups (broad SMARTS) is 1. The van der Waals surface area contributed by atoms with E-state index in [1.165, 1.54) is 16.7 Å². The summed E-state index contributed by atoms with van der Waals surface area (Å²) in [6, 6.07) is 39.7. The first kappa shape index (κ1) is 29.5. The van der Waals surface area contributed by atoms with Gasteiger partial charge in [-0.3, -0.25) is 0 Å². The fourth-order valence-corrected chi connectivity index (χ4v) is 4.61. The van der Waals surface area contributed by atoms with Crippen molar-refractivity contribution in [3.8, 4) is 0 Å². The van der Waals surface area contributed by atoms with Crippen LogP contribution in [0.15, 0.2) is 127 Å². The lowest BCUT2D eigenvalue weighted by atomic mass is 9.76. The molecule has 202 valence electrons. The number of nitrogens with one attached hydrogen (secondary N) is 1. The smallest absolute Gasteiger partial charge is 0.337 e. The highest BCUT2D eigenvalue weighted by molar-refractivity contribution is 5.73. The number of carbonyl (C=O) groups is 1. The molecule has 0 fully saturated rings. The summed E-state index contributed by atoms with van der Waals surface area (Å²) in [6.45, 7) is 3.91. The minimum absolute atomic E-state index is 0.243. The minimum atomic E-state index is -1.41. The van der Waals surface area contributed by atoms with Crippen LogP contribution in [-0.4, -0.2) is 36.4 Å². The third kappa shape index (κ3) is 8.23. The standard InChI is InChI=1S/C26H29NO.C8H8O3/c1-22(21-27-20-12-15-23-13-6-3-7-14-23)26(28-2,24-16-8-4-9-17-24)25-18-10-5-11-19-25;9-7(8(10)11)6-4-2-1-3-5-6/h3-19,22,27H,20-21H2,1-2H3;1-5,7,9H,(H,10,11)/b15-12+;. The molecular formula is C34H37NO4. The lowest BCUT2D eigenvalue weighted by molar-refractivity contribution is -0.146. The summed E-state index contributed by atoms with van der Waals surface area (Å²) in [5, 5.41) is 21.0. The number of methoxy groups -OCH3 is 1. The largest absolute Gasteiger partial charge is 0.479 e. The lowest BCUT2D eigenvalue weighted by Crippen LogP contribution is -2.42. The Hall–Kier alpha value is -4.03. The summed E-state index contributed by atoms with van der Waals surface area (Å²) in [4.78, 5) is 10.2. The Kier molecular flexibility index (Phi) is 11.7. The number of carboxylic acids is 1. The van der Waals surface area contributed by atoms with Gasteiger partial charge in [-0.05, 0) is 22.3 Å². The van der Waals surface area contributed by atoms with E-state index in [4.69, 9.17) is 14.9 Å². The van der Waals surface area contributed by atoms with Crippen LogP contribution in [0, 0.1) is 5.92 Å². The van der Waals surface area contributed by atoms with Crippen LogP contribution in [0.3, 0.4) is 0 Å². The van der Waals surface area contributed by atoms with Gasteiger partial charge in [-0.2, -0.15) is 0 Å². The van der Waals surface area contributed by atoms with Gasteiger partial charge in [0.05, 0.1) is 0 Å². The van der Waals surface area contributed by atoms with E-state index in [9.17, 15) is 4.79 Å². The van der Waals surface area contributed by atoms with Crippen molar-refractivity contribution in [1.29, 1.82) is 0 Å². The summed E-state index contributed by atoms with van der Waals surface area (Å²) in [7, 11) is 1.81. The molecule has 2 unspecified atom stereocenters. The van der Waals surface area contributed by atoms with E-state index < -0.39 is 17.7 Å². The average Bonchev–Trinajstić information content (AvgIpc) is 2.99. The maximum Gasteiger partial charge on any atom is 0.337 e. The molecule has 0 aliphatic carbocycles. The lowest BCUT2D eigenvalue weighted by Gasteiger charge is -2.39. The Labute approximate surface area is 231 Å². The van der Waals surface area contributed by atoms with Crippen LogP contribution >= 0.6 is 0 Å². The van der Waals surface area contributed by atoms with E-state index in [2.05, 4.69) is 97.2 Å². The number of rotatable bonds is 11. The van der Waals surface area contributed by atoms with Gasteiger partial charge >= 0.3 is 5.97 Å². The number of hydrogen-bond donors (Lipinski definition) is 3. The van der Waals surface area contributed by atoms with Crippen LogP contribution in [0.4, 0.5) is 0 Å². The molecule has 4 rings (SSSR count). The Morgan fingerprint density at radius 2 is 1.28 bits per heavy atom. The Morgan fingerprint density at radius 3 is 1.74 bits per heavy atom. The number of ether oxygens (including phenoxy) is 1. The van der Waals surface area contributed by atoms with Crippen molar-refractivity contribution in [2.24, 2.45) is 5.92 Å². The summed E-state index contributed by atoms with van der Waals surface area (Å²) in [5.74, 6) is -0.983. The fourth-order valence-electron chi connectivity index (χ4n) is 4.61. The molecule has 4 aromatic rings. The molecule has 0 aliphatic rings. The molecule has 0 aliphatic heterocycles. The van der Waals surface area contributed by atoms with Crippen LogP contribution in [0.2, 0.25) is 0 Å². The van der Waals surface area contributed by atoms with Crippen LogP contribution in [0.5, 0.6) is 0 Å². The fraction of sp³-hybridized carbons (Fsp3) is 0.206. The third-order valence-electron chi connectivity index (χ3n) is 6.59. The second-order valence-electron chi connectivity index (χ2n) is 9.20. The Morgan fingerprint density at radius 1 is 0.821 bits per heavy atom. The summed E-state index contributed by atoms with van der Waals surface area (Å²) in [6.07, 6.45) is 2.91. The van der Waals surface area contributed by atoms with Gasteiger partial charge in [0, 0.05) is 26.1 Å². The molecule has 0 spiro atoms. The molecule has 2 atom stereocenters. The Bertz CT molecular complexity index is 1220. The second kappa shape index (κ2) is 15.4. The Balaban J connectivity index is 0.000000320. The van der Waals surface area contributed by atoms with Gasteiger partial charge in [-0.1, -0.05) is 140 Å². The van der Waals surface area contributed by atoms with Crippen molar-refractivity contribution in [2.75, 3.05) is 20.2 Å². The van der Waals surface area contributed by atoms with Gasteiger partial charge in [-0.15, -0.1) is 0 Å². The maximum absolute atomic E-state index is 10.2. The highest BCUT2D eigenvalue weighted by atomic mass is 16.5. The first-order valence-electron chi connectivity index (χ1n) is 13.0.